The maximum absolute atomic E-state index is 12.6. The Kier molecular flexibility index (Phi) is 6.67. The average molecular weight is 441 g/mol. The van der Waals surface area contributed by atoms with E-state index in [9.17, 15) is 24.6 Å². The lowest BCUT2D eigenvalue weighted by atomic mass is 10.0. The third-order valence-corrected chi connectivity index (χ3v) is 5.12. The van der Waals surface area contributed by atoms with Crippen LogP contribution >= 0.6 is 0 Å². The van der Waals surface area contributed by atoms with Crippen molar-refractivity contribution >= 4 is 22.8 Å². The van der Waals surface area contributed by atoms with Crippen LogP contribution in [0.1, 0.15) is 16.7 Å². The molecule has 32 heavy (non-hydrogen) atoms. The van der Waals surface area contributed by atoms with E-state index in [2.05, 4.69) is 5.32 Å². The third kappa shape index (κ3) is 4.83. The van der Waals surface area contributed by atoms with Crippen LogP contribution < -0.4 is 20.4 Å². The number of aliphatic carboxylic acids is 1. The summed E-state index contributed by atoms with van der Waals surface area (Å²) < 4.78 is 16.0. The van der Waals surface area contributed by atoms with Gasteiger partial charge in [0.2, 0.25) is 5.91 Å². The Hall–Kier alpha value is -4.01. The second-order valence-electron chi connectivity index (χ2n) is 7.20. The molecule has 168 valence electrons. The Labute approximate surface area is 183 Å². The van der Waals surface area contributed by atoms with Gasteiger partial charge in [-0.15, -0.1) is 0 Å². The average Bonchev–Trinajstić information content (AvgIpc) is 2.76. The number of hydrogen-bond donors (Lipinski definition) is 3. The van der Waals surface area contributed by atoms with Crippen LogP contribution in [0.3, 0.4) is 0 Å². The van der Waals surface area contributed by atoms with Gasteiger partial charge in [0.25, 0.3) is 0 Å². The maximum Gasteiger partial charge on any atom is 0.340 e. The van der Waals surface area contributed by atoms with Crippen molar-refractivity contribution < 1.29 is 33.7 Å². The molecule has 0 saturated carbocycles. The van der Waals surface area contributed by atoms with Gasteiger partial charge in [0.15, 0.2) is 0 Å². The molecule has 0 spiro atoms. The first-order chi connectivity index (χ1) is 15.2. The van der Waals surface area contributed by atoms with Crippen LogP contribution in [0.5, 0.6) is 17.2 Å². The summed E-state index contributed by atoms with van der Waals surface area (Å²) in [6, 6.07) is 7.98. The molecule has 2 aromatic carbocycles. The molecule has 0 fully saturated rings. The second-order valence-corrected chi connectivity index (χ2v) is 7.20. The summed E-state index contributed by atoms with van der Waals surface area (Å²) in [5, 5.41) is 21.8. The number of methoxy groups -OCH3 is 2. The first-order valence-electron chi connectivity index (χ1n) is 9.71. The number of phenolic OH excluding ortho intramolecular Hbond substituents is 1. The number of carboxylic acid groups (broad SMARTS) is 1. The predicted molar refractivity (Wildman–Crippen MR) is 115 cm³/mol. The molecule has 0 aliphatic heterocycles. The lowest BCUT2D eigenvalue weighted by Gasteiger charge is -2.16. The molecule has 3 N–H and O–H groups in total. The van der Waals surface area contributed by atoms with E-state index in [0.717, 1.165) is 0 Å². The molecule has 0 aliphatic carbocycles. The lowest BCUT2D eigenvalue weighted by molar-refractivity contribution is -0.141. The first-order valence-corrected chi connectivity index (χ1v) is 9.71. The number of carboxylic acids is 1. The Morgan fingerprint density at radius 2 is 1.81 bits per heavy atom. The van der Waals surface area contributed by atoms with E-state index in [0.29, 0.717) is 28.0 Å². The predicted octanol–water partition coefficient (Wildman–Crippen LogP) is 2.18. The quantitative estimate of drug-likeness (QED) is 0.453. The van der Waals surface area contributed by atoms with Crippen molar-refractivity contribution in [1.82, 2.24) is 5.32 Å². The minimum atomic E-state index is -1.22. The number of aryl methyl sites for hydroxylation is 1. The highest BCUT2D eigenvalue weighted by molar-refractivity contribution is 5.91. The number of benzene rings is 2. The maximum atomic E-state index is 12.6. The molecule has 1 unspecified atom stereocenters. The van der Waals surface area contributed by atoms with Crippen LogP contribution in [0.15, 0.2) is 45.6 Å². The molecule has 0 bridgehead atoms. The number of carbonyl (C=O) groups is 2. The summed E-state index contributed by atoms with van der Waals surface area (Å²) in [7, 11) is 2.94. The Bertz CT molecular complexity index is 1210. The van der Waals surface area contributed by atoms with Crippen LogP contribution in [-0.4, -0.2) is 42.4 Å². The molecule has 3 aromatic rings. The van der Waals surface area contributed by atoms with Crippen LogP contribution in [0.4, 0.5) is 0 Å². The summed E-state index contributed by atoms with van der Waals surface area (Å²) in [6.07, 6.45) is -0.348. The van der Waals surface area contributed by atoms with Crippen molar-refractivity contribution in [1.29, 1.82) is 0 Å². The van der Waals surface area contributed by atoms with E-state index in [1.807, 2.05) is 0 Å². The van der Waals surface area contributed by atoms with Crippen molar-refractivity contribution in [2.75, 3.05) is 14.2 Å². The minimum Gasteiger partial charge on any atom is -0.508 e. The Morgan fingerprint density at radius 1 is 1.12 bits per heavy atom. The number of nitrogens with one attached hydrogen (secondary N) is 1. The second kappa shape index (κ2) is 9.42. The smallest absolute Gasteiger partial charge is 0.340 e. The van der Waals surface area contributed by atoms with Gasteiger partial charge >= 0.3 is 11.6 Å². The molecule has 9 heteroatoms. The van der Waals surface area contributed by atoms with Gasteiger partial charge in [-0.1, -0.05) is 12.1 Å². The van der Waals surface area contributed by atoms with Crippen molar-refractivity contribution in [3.05, 3.63) is 63.5 Å². The molecule has 0 radical (unpaired) electrons. The van der Waals surface area contributed by atoms with E-state index in [1.54, 1.807) is 31.2 Å². The first kappa shape index (κ1) is 22.7. The zero-order chi connectivity index (χ0) is 23.4. The topological polar surface area (TPSA) is 135 Å². The standard InChI is InChI=1S/C23H23NO8/c1-12-16(23(29)32-19-10-15(30-2)9-18(31-3)21(12)19)11-20(26)24-17(22(27)28)8-13-4-6-14(25)7-5-13/h4-7,9-10,17,25H,8,11H2,1-3H3,(H,24,26)(H,27,28). The molecule has 3 rings (SSSR count). The largest absolute Gasteiger partial charge is 0.508 e. The van der Waals surface area contributed by atoms with Crippen LogP contribution in [0.2, 0.25) is 0 Å². The number of aromatic hydroxyl groups is 1. The van der Waals surface area contributed by atoms with Crippen molar-refractivity contribution in [2.45, 2.75) is 25.8 Å². The van der Waals surface area contributed by atoms with E-state index in [1.165, 1.54) is 26.4 Å². The third-order valence-electron chi connectivity index (χ3n) is 5.12. The highest BCUT2D eigenvalue weighted by atomic mass is 16.5. The summed E-state index contributed by atoms with van der Waals surface area (Å²) in [5.74, 6) is -0.948. The van der Waals surface area contributed by atoms with Crippen LogP contribution in [0, 0.1) is 6.92 Å². The molecule has 1 atom stereocenters. The summed E-state index contributed by atoms with van der Waals surface area (Å²) >= 11 is 0. The number of fused-ring (bicyclic) bond motifs is 1. The van der Waals surface area contributed by atoms with Crippen molar-refractivity contribution in [2.24, 2.45) is 0 Å². The van der Waals surface area contributed by atoms with Gasteiger partial charge in [0.1, 0.15) is 28.9 Å². The molecule has 0 saturated heterocycles. The highest BCUT2D eigenvalue weighted by Gasteiger charge is 2.23. The van der Waals surface area contributed by atoms with Gasteiger partial charge in [0, 0.05) is 18.6 Å². The van der Waals surface area contributed by atoms with Crippen LogP contribution in [-0.2, 0) is 22.4 Å². The fourth-order valence-corrected chi connectivity index (χ4v) is 3.44. The summed E-state index contributed by atoms with van der Waals surface area (Å²) in [5.41, 5.74) is 0.772. The molecule has 0 aliphatic rings. The fraction of sp³-hybridized carbons (Fsp3) is 0.261. The number of hydrogen-bond acceptors (Lipinski definition) is 7. The fourth-order valence-electron chi connectivity index (χ4n) is 3.44. The lowest BCUT2D eigenvalue weighted by Crippen LogP contribution is -2.43. The zero-order valence-electron chi connectivity index (χ0n) is 17.8. The highest BCUT2D eigenvalue weighted by Crippen LogP contribution is 2.33. The van der Waals surface area contributed by atoms with E-state index in [-0.39, 0.29) is 29.7 Å². The van der Waals surface area contributed by atoms with Crippen molar-refractivity contribution in [3.63, 3.8) is 0 Å². The van der Waals surface area contributed by atoms with E-state index >= 15 is 0 Å². The molecule has 1 heterocycles. The SMILES string of the molecule is COc1cc(OC)c2c(C)c(CC(=O)NC(Cc3ccc(O)cc3)C(=O)O)c(=O)oc2c1. The Morgan fingerprint density at radius 3 is 2.41 bits per heavy atom. The van der Waals surface area contributed by atoms with Gasteiger partial charge in [-0.05, 0) is 30.2 Å². The molecular formula is C23H23NO8. The summed E-state index contributed by atoms with van der Waals surface area (Å²) in [4.78, 5) is 36.8. The van der Waals surface area contributed by atoms with Crippen molar-refractivity contribution in [3.8, 4) is 17.2 Å². The van der Waals surface area contributed by atoms with Gasteiger partial charge in [-0.2, -0.15) is 0 Å². The van der Waals surface area contributed by atoms with Gasteiger partial charge in [-0.3, -0.25) is 4.79 Å². The van der Waals surface area contributed by atoms with Crippen LogP contribution in [0.25, 0.3) is 11.0 Å². The Balaban J connectivity index is 1.87. The van der Waals surface area contributed by atoms with Gasteiger partial charge < -0.3 is 29.4 Å². The molecule has 9 nitrogen and oxygen atoms in total. The monoisotopic (exact) mass is 441 g/mol. The number of carbonyl (C=O) groups excluding carboxylic acids is 1. The van der Waals surface area contributed by atoms with Gasteiger partial charge in [0.05, 0.1) is 31.6 Å². The zero-order valence-corrected chi connectivity index (χ0v) is 17.8. The number of ether oxygens (including phenoxy) is 2. The van der Waals surface area contributed by atoms with E-state index < -0.39 is 23.5 Å². The molecule has 1 aromatic heterocycles. The molecule has 1 amide bonds. The number of phenols is 1. The van der Waals surface area contributed by atoms with Gasteiger partial charge in [-0.25, -0.2) is 9.59 Å². The number of amides is 1. The van der Waals surface area contributed by atoms with E-state index in [4.69, 9.17) is 13.9 Å². The molecular weight excluding hydrogens is 418 g/mol. The summed E-state index contributed by atoms with van der Waals surface area (Å²) in [6.45, 7) is 1.67. The minimum absolute atomic E-state index is 0.0142. The normalized spacial score (nSPS) is 11.7. The number of rotatable bonds is 8.